The fourth-order valence-electron chi connectivity index (χ4n) is 1.56. The van der Waals surface area contributed by atoms with E-state index in [2.05, 4.69) is 15.0 Å². The summed E-state index contributed by atoms with van der Waals surface area (Å²) in [5.74, 6) is 0.653. The van der Waals surface area contributed by atoms with Crippen LogP contribution in [0, 0.1) is 0 Å². The molecule has 17 heavy (non-hydrogen) atoms. The Kier molecular flexibility index (Phi) is 4.06. The van der Waals surface area contributed by atoms with Crippen LogP contribution in [0.4, 0.5) is 0 Å². The molecule has 0 saturated carbocycles. The second-order valence-corrected chi connectivity index (χ2v) is 4.02. The number of halogens is 1. The number of hydrogen-bond acceptors (Lipinski definition) is 4. The Balaban J connectivity index is 2.10. The number of aliphatic hydroxyl groups is 1. The van der Waals surface area contributed by atoms with E-state index in [1.165, 1.54) is 0 Å². The monoisotopic (exact) mass is 252 g/mol. The highest BCUT2D eigenvalue weighted by Crippen LogP contribution is 2.07. The van der Waals surface area contributed by atoms with Crippen LogP contribution in [0.15, 0.2) is 24.8 Å². The second kappa shape index (κ2) is 5.75. The summed E-state index contributed by atoms with van der Waals surface area (Å²) in [4.78, 5) is 12.4. The molecular formula is C11H13ClN4O. The second-order valence-electron chi connectivity index (χ2n) is 3.64. The Labute approximate surface area is 104 Å². The molecule has 0 amide bonds. The first kappa shape index (κ1) is 12.0. The molecule has 0 fully saturated rings. The third-order valence-corrected chi connectivity index (χ3v) is 2.58. The van der Waals surface area contributed by atoms with E-state index < -0.39 is 0 Å². The van der Waals surface area contributed by atoms with E-state index in [1.807, 2.05) is 4.57 Å². The third-order valence-electron chi connectivity index (χ3n) is 2.37. The summed E-state index contributed by atoms with van der Waals surface area (Å²) >= 11 is 5.80. The first-order chi connectivity index (χ1) is 8.29. The van der Waals surface area contributed by atoms with Gasteiger partial charge in [-0.15, -0.1) is 0 Å². The molecule has 90 valence electrons. The number of nitrogens with zero attached hydrogens (tertiary/aromatic N) is 4. The van der Waals surface area contributed by atoms with Gasteiger partial charge in [-0.1, -0.05) is 11.6 Å². The summed E-state index contributed by atoms with van der Waals surface area (Å²) in [7, 11) is 0. The molecule has 0 aromatic carbocycles. The lowest BCUT2D eigenvalue weighted by molar-refractivity contribution is 0.287. The van der Waals surface area contributed by atoms with Gasteiger partial charge in [0.15, 0.2) is 0 Å². The molecule has 0 aliphatic carbocycles. The maximum absolute atomic E-state index is 8.81. The predicted octanol–water partition coefficient (Wildman–Crippen LogP) is 1.30. The van der Waals surface area contributed by atoms with Crippen LogP contribution < -0.4 is 0 Å². The largest absolute Gasteiger partial charge is 0.396 e. The summed E-state index contributed by atoms with van der Waals surface area (Å²) in [6.07, 6.45) is 6.67. The van der Waals surface area contributed by atoms with Gasteiger partial charge in [0.05, 0.1) is 12.9 Å². The SMILES string of the molecule is OCCCc1cncn1Cc1nccc(Cl)n1. The molecule has 2 aromatic heterocycles. The molecule has 2 aromatic rings. The third kappa shape index (κ3) is 3.25. The smallest absolute Gasteiger partial charge is 0.149 e. The van der Waals surface area contributed by atoms with Crippen LogP contribution in [0.3, 0.4) is 0 Å². The highest BCUT2D eigenvalue weighted by Gasteiger charge is 2.04. The molecule has 6 heteroatoms. The molecule has 0 atom stereocenters. The van der Waals surface area contributed by atoms with Crippen molar-refractivity contribution in [1.29, 1.82) is 0 Å². The number of imidazole rings is 1. The van der Waals surface area contributed by atoms with Crippen molar-refractivity contribution in [2.75, 3.05) is 6.61 Å². The summed E-state index contributed by atoms with van der Waals surface area (Å²) in [6, 6.07) is 1.64. The van der Waals surface area contributed by atoms with Crippen molar-refractivity contribution in [3.8, 4) is 0 Å². The van der Waals surface area contributed by atoms with Crippen molar-refractivity contribution in [3.05, 3.63) is 41.5 Å². The van der Waals surface area contributed by atoms with Gasteiger partial charge in [0.1, 0.15) is 11.0 Å². The van der Waals surface area contributed by atoms with Gasteiger partial charge in [0.2, 0.25) is 0 Å². The Morgan fingerprint density at radius 1 is 1.41 bits per heavy atom. The number of hydrogen-bond donors (Lipinski definition) is 1. The summed E-state index contributed by atoms with van der Waals surface area (Å²) < 4.78 is 1.96. The molecule has 0 aliphatic heterocycles. The predicted molar refractivity (Wildman–Crippen MR) is 63.8 cm³/mol. The van der Waals surface area contributed by atoms with Crippen LogP contribution in [0.1, 0.15) is 17.9 Å². The highest BCUT2D eigenvalue weighted by molar-refractivity contribution is 6.29. The van der Waals surface area contributed by atoms with Crippen molar-refractivity contribution < 1.29 is 5.11 Å². The number of aliphatic hydroxyl groups excluding tert-OH is 1. The first-order valence-corrected chi connectivity index (χ1v) is 5.74. The maximum atomic E-state index is 8.81. The van der Waals surface area contributed by atoms with E-state index in [0.717, 1.165) is 18.5 Å². The Morgan fingerprint density at radius 3 is 3.06 bits per heavy atom. The Hall–Kier alpha value is -1.46. The average molecular weight is 253 g/mol. The minimum atomic E-state index is 0.179. The van der Waals surface area contributed by atoms with E-state index in [0.29, 0.717) is 17.5 Å². The lowest BCUT2D eigenvalue weighted by atomic mass is 10.2. The zero-order valence-corrected chi connectivity index (χ0v) is 10.0. The van der Waals surface area contributed by atoms with Crippen LogP contribution >= 0.6 is 11.6 Å². The first-order valence-electron chi connectivity index (χ1n) is 5.37. The van der Waals surface area contributed by atoms with Crippen LogP contribution in [0.2, 0.25) is 5.15 Å². The Bertz CT molecular complexity index is 486. The fourth-order valence-corrected chi connectivity index (χ4v) is 1.72. The molecule has 0 aliphatic rings. The molecule has 2 heterocycles. The van der Waals surface area contributed by atoms with Gasteiger partial charge < -0.3 is 9.67 Å². The standard InChI is InChI=1S/C11H13ClN4O/c12-10-3-4-14-11(15-10)7-16-8-13-6-9(16)2-1-5-17/h3-4,6,8,17H,1-2,5,7H2. The molecule has 0 saturated heterocycles. The maximum Gasteiger partial charge on any atom is 0.149 e. The highest BCUT2D eigenvalue weighted by atomic mass is 35.5. The normalized spacial score (nSPS) is 10.7. The van der Waals surface area contributed by atoms with Crippen molar-refractivity contribution in [2.45, 2.75) is 19.4 Å². The van der Waals surface area contributed by atoms with Gasteiger partial charge in [0, 0.05) is 24.7 Å². The Morgan fingerprint density at radius 2 is 2.29 bits per heavy atom. The molecule has 1 N–H and O–H groups in total. The number of rotatable bonds is 5. The van der Waals surface area contributed by atoms with Crippen molar-refractivity contribution in [2.24, 2.45) is 0 Å². The summed E-state index contributed by atoms with van der Waals surface area (Å²) in [5.41, 5.74) is 1.06. The minimum Gasteiger partial charge on any atom is -0.396 e. The van der Waals surface area contributed by atoms with E-state index in [1.54, 1.807) is 24.8 Å². The molecule has 5 nitrogen and oxygen atoms in total. The molecule has 0 radical (unpaired) electrons. The summed E-state index contributed by atoms with van der Waals surface area (Å²) in [5, 5.41) is 9.25. The number of aromatic nitrogens is 4. The minimum absolute atomic E-state index is 0.179. The quantitative estimate of drug-likeness (QED) is 0.815. The van der Waals surface area contributed by atoms with E-state index >= 15 is 0 Å². The van der Waals surface area contributed by atoms with Gasteiger partial charge >= 0.3 is 0 Å². The van der Waals surface area contributed by atoms with Gasteiger partial charge in [-0.3, -0.25) is 0 Å². The van der Waals surface area contributed by atoms with Crippen LogP contribution in [-0.4, -0.2) is 31.2 Å². The molecule has 0 spiro atoms. The topological polar surface area (TPSA) is 63.8 Å². The van der Waals surface area contributed by atoms with Crippen LogP contribution in [0.25, 0.3) is 0 Å². The van der Waals surface area contributed by atoms with Crippen LogP contribution in [-0.2, 0) is 13.0 Å². The average Bonchev–Trinajstić information content (AvgIpc) is 2.74. The lowest BCUT2D eigenvalue weighted by Gasteiger charge is -2.06. The van der Waals surface area contributed by atoms with Crippen LogP contribution in [0.5, 0.6) is 0 Å². The fraction of sp³-hybridized carbons (Fsp3) is 0.364. The van der Waals surface area contributed by atoms with Crippen molar-refractivity contribution in [1.82, 2.24) is 19.5 Å². The van der Waals surface area contributed by atoms with Crippen molar-refractivity contribution >= 4 is 11.6 Å². The van der Waals surface area contributed by atoms with E-state index in [-0.39, 0.29) is 6.61 Å². The number of aryl methyl sites for hydroxylation is 1. The van der Waals surface area contributed by atoms with Gasteiger partial charge in [-0.05, 0) is 18.9 Å². The van der Waals surface area contributed by atoms with E-state index in [4.69, 9.17) is 16.7 Å². The molecule has 0 bridgehead atoms. The molecule has 0 unspecified atom stereocenters. The zero-order valence-electron chi connectivity index (χ0n) is 9.25. The molecular weight excluding hydrogens is 240 g/mol. The molecule has 2 rings (SSSR count). The zero-order chi connectivity index (χ0) is 12.1. The van der Waals surface area contributed by atoms with Gasteiger partial charge in [0.25, 0.3) is 0 Å². The van der Waals surface area contributed by atoms with Gasteiger partial charge in [-0.25, -0.2) is 15.0 Å². The van der Waals surface area contributed by atoms with Crippen molar-refractivity contribution in [3.63, 3.8) is 0 Å². The van der Waals surface area contributed by atoms with Gasteiger partial charge in [-0.2, -0.15) is 0 Å². The summed E-state index contributed by atoms with van der Waals surface area (Å²) in [6.45, 7) is 0.722. The lowest BCUT2D eigenvalue weighted by Crippen LogP contribution is -2.07. The van der Waals surface area contributed by atoms with E-state index in [9.17, 15) is 0 Å².